The molecule has 1 atom stereocenters. The summed E-state index contributed by atoms with van der Waals surface area (Å²) in [5, 5.41) is 10.8. The van der Waals surface area contributed by atoms with E-state index >= 15 is 0 Å². The lowest BCUT2D eigenvalue weighted by Crippen LogP contribution is -2.40. The Morgan fingerprint density at radius 1 is 1.12 bits per heavy atom. The first kappa shape index (κ1) is 22.1. The first-order valence-electron chi connectivity index (χ1n) is 11.4. The fourth-order valence-corrected chi connectivity index (χ4v) is 6.36. The van der Waals surface area contributed by atoms with Crippen LogP contribution in [0.1, 0.15) is 42.1 Å². The second kappa shape index (κ2) is 10.1. The summed E-state index contributed by atoms with van der Waals surface area (Å²) in [6.45, 7) is 4.45. The normalized spacial score (nSPS) is 16.4. The van der Waals surface area contributed by atoms with Crippen molar-refractivity contribution in [1.82, 2.24) is 24.6 Å². The molecule has 1 saturated heterocycles. The van der Waals surface area contributed by atoms with E-state index in [1.165, 1.54) is 22.0 Å². The van der Waals surface area contributed by atoms with Gasteiger partial charge in [0, 0.05) is 32.0 Å². The van der Waals surface area contributed by atoms with E-state index in [1.54, 1.807) is 11.3 Å². The number of fused-ring (bicyclic) bond motifs is 1. The molecule has 2 aromatic heterocycles. The van der Waals surface area contributed by atoms with E-state index in [4.69, 9.17) is 4.98 Å². The molecule has 8 heteroatoms. The molecular weight excluding hydrogens is 450 g/mol. The van der Waals surface area contributed by atoms with Crippen LogP contribution < -0.4 is 0 Å². The largest absolute Gasteiger partial charge is 0.341 e. The number of rotatable bonds is 7. The number of hydrogen-bond donors (Lipinski definition) is 0. The number of nitrogens with zero attached hydrogens (tertiary/aromatic N) is 5. The molecule has 0 radical (unpaired) electrons. The van der Waals surface area contributed by atoms with Crippen LogP contribution in [-0.4, -0.2) is 49.4 Å². The summed E-state index contributed by atoms with van der Waals surface area (Å²) < 4.78 is 3.34. The van der Waals surface area contributed by atoms with Crippen molar-refractivity contribution >= 4 is 39.2 Å². The molecule has 1 amide bonds. The third-order valence-electron chi connectivity index (χ3n) is 6.07. The fraction of sp³-hybridized carbons (Fsp3) is 0.360. The first-order valence-corrected chi connectivity index (χ1v) is 13.2. The topological polar surface area (TPSA) is 63.9 Å². The molecule has 6 nitrogen and oxygen atoms in total. The summed E-state index contributed by atoms with van der Waals surface area (Å²) in [6, 6.07) is 18.6. The number of amides is 1. The van der Waals surface area contributed by atoms with Gasteiger partial charge in [0.15, 0.2) is 5.16 Å². The van der Waals surface area contributed by atoms with Gasteiger partial charge in [0.1, 0.15) is 5.82 Å². The van der Waals surface area contributed by atoms with Gasteiger partial charge in [-0.3, -0.25) is 4.79 Å². The number of para-hydroxylation sites is 1. The van der Waals surface area contributed by atoms with Crippen molar-refractivity contribution in [3.63, 3.8) is 0 Å². The van der Waals surface area contributed by atoms with Crippen LogP contribution in [0.5, 0.6) is 0 Å². The number of carbonyl (C=O) groups excluding carboxylic acids is 1. The molecule has 170 valence electrons. The van der Waals surface area contributed by atoms with Crippen molar-refractivity contribution < 1.29 is 4.79 Å². The standard InChI is InChI=1S/C25H27N5OS2/c1-2-30-22(15-18-9-4-3-5-10-18)27-28-25(30)32-17-23(31)29-14-8-11-19(16-29)24-26-20-12-6-7-13-21(20)33-24/h3-7,9-10,12-13,19H,2,8,11,14-17H2,1H3/t19-/m1/s1. The molecule has 2 aromatic carbocycles. The molecule has 1 aliphatic rings. The van der Waals surface area contributed by atoms with E-state index in [2.05, 4.69) is 52.0 Å². The average molecular weight is 478 g/mol. The van der Waals surface area contributed by atoms with Crippen molar-refractivity contribution in [2.24, 2.45) is 0 Å². The lowest BCUT2D eigenvalue weighted by molar-refractivity contribution is -0.129. The van der Waals surface area contributed by atoms with Crippen molar-refractivity contribution in [2.45, 2.75) is 43.8 Å². The van der Waals surface area contributed by atoms with E-state index in [0.29, 0.717) is 11.7 Å². The minimum absolute atomic E-state index is 0.168. The number of likely N-dealkylation sites (tertiary alicyclic amines) is 1. The van der Waals surface area contributed by atoms with Crippen LogP contribution in [0.4, 0.5) is 0 Å². The Morgan fingerprint density at radius 3 is 2.76 bits per heavy atom. The van der Waals surface area contributed by atoms with Gasteiger partial charge in [-0.1, -0.05) is 54.2 Å². The minimum Gasteiger partial charge on any atom is -0.341 e. The van der Waals surface area contributed by atoms with Crippen molar-refractivity contribution in [3.8, 4) is 0 Å². The highest BCUT2D eigenvalue weighted by atomic mass is 32.2. The Kier molecular flexibility index (Phi) is 6.73. The van der Waals surface area contributed by atoms with E-state index in [9.17, 15) is 4.79 Å². The molecule has 3 heterocycles. The van der Waals surface area contributed by atoms with Crippen molar-refractivity contribution in [1.29, 1.82) is 0 Å². The second-order valence-corrected chi connectivity index (χ2v) is 10.3. The molecule has 0 aliphatic carbocycles. The zero-order valence-electron chi connectivity index (χ0n) is 18.7. The van der Waals surface area contributed by atoms with Crippen molar-refractivity contribution in [2.75, 3.05) is 18.8 Å². The number of carbonyl (C=O) groups is 1. The Bertz CT molecular complexity index is 1200. The number of benzene rings is 2. The molecule has 1 fully saturated rings. The fourth-order valence-electron chi connectivity index (χ4n) is 4.34. The quantitative estimate of drug-likeness (QED) is 0.351. The molecule has 5 rings (SSSR count). The van der Waals surface area contributed by atoms with Gasteiger partial charge in [0.05, 0.1) is 21.0 Å². The molecule has 1 aliphatic heterocycles. The molecule has 33 heavy (non-hydrogen) atoms. The van der Waals surface area contributed by atoms with Crippen LogP contribution >= 0.6 is 23.1 Å². The van der Waals surface area contributed by atoms with Crippen LogP contribution in [0.25, 0.3) is 10.2 Å². The number of hydrogen-bond acceptors (Lipinski definition) is 6. The van der Waals surface area contributed by atoms with Gasteiger partial charge >= 0.3 is 0 Å². The summed E-state index contributed by atoms with van der Waals surface area (Å²) in [6.07, 6.45) is 2.85. The summed E-state index contributed by atoms with van der Waals surface area (Å²) in [5.74, 6) is 1.81. The Hall–Kier alpha value is -2.71. The first-order chi connectivity index (χ1) is 16.2. The van der Waals surface area contributed by atoms with Gasteiger partial charge in [-0.05, 0) is 37.5 Å². The van der Waals surface area contributed by atoms with Crippen LogP contribution in [0, 0.1) is 0 Å². The van der Waals surface area contributed by atoms with Crippen LogP contribution in [0.2, 0.25) is 0 Å². The molecule has 0 unspecified atom stereocenters. The summed E-state index contributed by atoms with van der Waals surface area (Å²) in [4.78, 5) is 19.9. The molecule has 0 spiro atoms. The highest BCUT2D eigenvalue weighted by molar-refractivity contribution is 7.99. The predicted molar refractivity (Wildman–Crippen MR) is 134 cm³/mol. The van der Waals surface area contributed by atoms with E-state index in [0.717, 1.165) is 60.4 Å². The Labute approximate surface area is 202 Å². The van der Waals surface area contributed by atoms with Gasteiger partial charge in [-0.2, -0.15) is 0 Å². The lowest BCUT2D eigenvalue weighted by Gasteiger charge is -2.31. The highest BCUT2D eigenvalue weighted by Gasteiger charge is 2.27. The van der Waals surface area contributed by atoms with Crippen LogP contribution in [0.3, 0.4) is 0 Å². The van der Waals surface area contributed by atoms with E-state index in [-0.39, 0.29) is 5.91 Å². The van der Waals surface area contributed by atoms with Crippen LogP contribution in [-0.2, 0) is 17.8 Å². The van der Waals surface area contributed by atoms with E-state index in [1.807, 2.05) is 29.2 Å². The van der Waals surface area contributed by atoms with Gasteiger partial charge in [0.25, 0.3) is 0 Å². The van der Waals surface area contributed by atoms with Gasteiger partial charge in [0.2, 0.25) is 5.91 Å². The maximum atomic E-state index is 13.0. The smallest absolute Gasteiger partial charge is 0.233 e. The molecule has 0 N–H and O–H groups in total. The highest BCUT2D eigenvalue weighted by Crippen LogP contribution is 2.33. The van der Waals surface area contributed by atoms with Gasteiger partial charge in [-0.25, -0.2) is 4.98 Å². The Balaban J connectivity index is 1.22. The Morgan fingerprint density at radius 2 is 1.94 bits per heavy atom. The van der Waals surface area contributed by atoms with Crippen LogP contribution in [0.15, 0.2) is 59.8 Å². The van der Waals surface area contributed by atoms with Gasteiger partial charge in [-0.15, -0.1) is 21.5 Å². The monoisotopic (exact) mass is 477 g/mol. The minimum atomic E-state index is 0.168. The van der Waals surface area contributed by atoms with Gasteiger partial charge < -0.3 is 9.47 Å². The third kappa shape index (κ3) is 4.96. The maximum absolute atomic E-state index is 13.0. The summed E-state index contributed by atoms with van der Waals surface area (Å²) >= 11 is 3.25. The maximum Gasteiger partial charge on any atom is 0.233 e. The molecular formula is C25H27N5OS2. The number of piperidine rings is 1. The van der Waals surface area contributed by atoms with E-state index < -0.39 is 0 Å². The SMILES string of the molecule is CCn1c(Cc2ccccc2)nnc1SCC(=O)N1CCC[C@@H](c2nc3ccccc3s2)C1. The second-order valence-electron chi connectivity index (χ2n) is 8.29. The summed E-state index contributed by atoms with van der Waals surface area (Å²) in [5.41, 5.74) is 2.27. The molecule has 0 saturated carbocycles. The average Bonchev–Trinajstić information content (AvgIpc) is 3.47. The number of aromatic nitrogens is 4. The zero-order valence-corrected chi connectivity index (χ0v) is 20.3. The molecule has 0 bridgehead atoms. The number of thioether (sulfide) groups is 1. The lowest BCUT2D eigenvalue weighted by atomic mass is 9.99. The molecule has 4 aromatic rings. The number of thiazole rings is 1. The third-order valence-corrected chi connectivity index (χ3v) is 8.22. The summed E-state index contributed by atoms with van der Waals surface area (Å²) in [7, 11) is 0. The van der Waals surface area contributed by atoms with Crippen molar-refractivity contribution in [3.05, 3.63) is 71.0 Å². The zero-order chi connectivity index (χ0) is 22.6. The predicted octanol–water partition coefficient (Wildman–Crippen LogP) is 5.00.